The van der Waals surface area contributed by atoms with Crippen LogP contribution in [-0.2, 0) is 6.54 Å². The van der Waals surface area contributed by atoms with Crippen molar-refractivity contribution in [1.82, 2.24) is 15.1 Å². The molecule has 0 saturated heterocycles. The van der Waals surface area contributed by atoms with Gasteiger partial charge in [-0.1, -0.05) is 12.1 Å². The molecule has 0 bridgehead atoms. The number of ether oxygens (including phenoxy) is 1. The zero-order valence-electron chi connectivity index (χ0n) is 15.0. The van der Waals surface area contributed by atoms with Crippen molar-refractivity contribution in [2.75, 3.05) is 27.7 Å². The van der Waals surface area contributed by atoms with Crippen molar-refractivity contribution < 1.29 is 22.7 Å². The fourth-order valence-electron chi connectivity index (χ4n) is 2.46. The van der Waals surface area contributed by atoms with Gasteiger partial charge in [0.2, 0.25) is 0 Å². The third kappa shape index (κ3) is 5.73. The van der Waals surface area contributed by atoms with Gasteiger partial charge >= 0.3 is 12.6 Å². The molecule has 2 aromatic rings. The van der Waals surface area contributed by atoms with E-state index in [0.717, 1.165) is 11.3 Å². The van der Waals surface area contributed by atoms with Gasteiger partial charge in [-0.2, -0.15) is 8.78 Å². The number of halogens is 2. The van der Waals surface area contributed by atoms with Crippen LogP contribution < -0.4 is 10.1 Å². The summed E-state index contributed by atoms with van der Waals surface area (Å²) in [6.45, 7) is -2.12. The van der Waals surface area contributed by atoms with Crippen LogP contribution in [-0.4, -0.2) is 50.1 Å². The molecule has 1 aromatic carbocycles. The topological polar surface area (TPSA) is 58.0 Å². The summed E-state index contributed by atoms with van der Waals surface area (Å²) in [6.07, 6.45) is 1.60. The predicted molar refractivity (Wildman–Crippen MR) is 93.1 cm³/mol. The van der Waals surface area contributed by atoms with Gasteiger partial charge in [0.15, 0.2) is 0 Å². The number of amides is 2. The summed E-state index contributed by atoms with van der Waals surface area (Å²) in [7, 11) is 5.48. The smallest absolute Gasteiger partial charge is 0.387 e. The molecule has 2 rings (SSSR count). The first-order chi connectivity index (χ1) is 12.4. The van der Waals surface area contributed by atoms with Crippen LogP contribution in [0, 0.1) is 0 Å². The van der Waals surface area contributed by atoms with Crippen LogP contribution in [0.5, 0.6) is 5.75 Å². The Morgan fingerprint density at radius 2 is 1.88 bits per heavy atom. The number of urea groups is 1. The minimum atomic E-state index is -2.85. The minimum absolute atomic E-state index is 0.0758. The van der Waals surface area contributed by atoms with E-state index in [2.05, 4.69) is 10.1 Å². The van der Waals surface area contributed by atoms with Gasteiger partial charge in [-0.3, -0.25) is 4.90 Å². The Morgan fingerprint density at radius 1 is 1.19 bits per heavy atom. The molecule has 1 atom stereocenters. The molecule has 0 fully saturated rings. The third-order valence-electron chi connectivity index (χ3n) is 3.86. The van der Waals surface area contributed by atoms with E-state index in [-0.39, 0.29) is 17.8 Å². The quantitative estimate of drug-likeness (QED) is 0.778. The maximum absolute atomic E-state index is 12.3. The fraction of sp³-hybridized carbons (Fsp3) is 0.389. The number of alkyl halides is 2. The normalized spacial score (nSPS) is 12.3. The molecule has 1 unspecified atom stereocenters. The number of hydrogen-bond donors (Lipinski definition) is 1. The van der Waals surface area contributed by atoms with Crippen LogP contribution in [0.1, 0.15) is 17.4 Å². The number of carbonyl (C=O) groups excluding carboxylic acids is 1. The summed E-state index contributed by atoms with van der Waals surface area (Å²) in [5, 5.41) is 2.87. The minimum Gasteiger partial charge on any atom is -0.468 e. The van der Waals surface area contributed by atoms with Crippen molar-refractivity contribution in [3.63, 3.8) is 0 Å². The Labute approximate surface area is 151 Å². The van der Waals surface area contributed by atoms with E-state index in [4.69, 9.17) is 4.42 Å². The lowest BCUT2D eigenvalue weighted by Gasteiger charge is -2.24. The van der Waals surface area contributed by atoms with Crippen LogP contribution >= 0.6 is 0 Å². The van der Waals surface area contributed by atoms with Gasteiger partial charge in [-0.05, 0) is 43.9 Å². The molecule has 0 aliphatic heterocycles. The van der Waals surface area contributed by atoms with Gasteiger partial charge in [-0.25, -0.2) is 4.79 Å². The van der Waals surface area contributed by atoms with E-state index in [1.807, 2.05) is 25.1 Å². The highest BCUT2D eigenvalue weighted by atomic mass is 19.3. The van der Waals surface area contributed by atoms with Crippen LogP contribution in [0.3, 0.4) is 0 Å². The number of furan rings is 1. The van der Waals surface area contributed by atoms with E-state index in [0.29, 0.717) is 13.1 Å². The lowest BCUT2D eigenvalue weighted by atomic mass is 10.2. The van der Waals surface area contributed by atoms with Crippen LogP contribution in [0.25, 0.3) is 0 Å². The average Bonchev–Trinajstić information content (AvgIpc) is 3.10. The Kier molecular flexibility index (Phi) is 6.97. The van der Waals surface area contributed by atoms with E-state index in [1.54, 1.807) is 31.5 Å². The molecule has 26 heavy (non-hydrogen) atoms. The molecule has 6 nitrogen and oxygen atoms in total. The van der Waals surface area contributed by atoms with Crippen molar-refractivity contribution in [3.05, 3.63) is 54.0 Å². The number of likely N-dealkylation sites (N-methyl/N-ethyl adjacent to an activating group) is 1. The monoisotopic (exact) mass is 367 g/mol. The van der Waals surface area contributed by atoms with Crippen molar-refractivity contribution in [1.29, 1.82) is 0 Å². The molecule has 142 valence electrons. The Balaban J connectivity index is 1.87. The Hall–Kier alpha value is -2.61. The SMILES string of the molecule is CN(Cc1ccc(OC(F)F)cc1)C(=O)NCC(c1ccco1)N(C)C. The number of benzene rings is 1. The van der Waals surface area contributed by atoms with Gasteiger partial charge in [0, 0.05) is 20.1 Å². The Morgan fingerprint density at radius 3 is 2.42 bits per heavy atom. The first kappa shape index (κ1) is 19.7. The summed E-state index contributed by atoms with van der Waals surface area (Å²) in [5.74, 6) is 0.857. The summed E-state index contributed by atoms with van der Waals surface area (Å²) in [6, 6.07) is 9.55. The molecule has 2 amide bonds. The highest BCUT2D eigenvalue weighted by Crippen LogP contribution is 2.18. The second-order valence-electron chi connectivity index (χ2n) is 6.06. The van der Waals surface area contributed by atoms with Crippen LogP contribution in [0.15, 0.2) is 47.1 Å². The van der Waals surface area contributed by atoms with E-state index >= 15 is 0 Å². The maximum Gasteiger partial charge on any atom is 0.387 e. The standard InChI is InChI=1S/C18H23F2N3O3/c1-22(2)15(16-5-4-10-25-16)11-21-18(24)23(3)12-13-6-8-14(9-7-13)26-17(19)20/h4-10,15,17H,11-12H2,1-3H3,(H,21,24). The molecule has 1 N–H and O–H groups in total. The van der Waals surface area contributed by atoms with E-state index in [1.165, 1.54) is 17.0 Å². The number of rotatable bonds is 8. The summed E-state index contributed by atoms with van der Waals surface area (Å²) >= 11 is 0. The lowest BCUT2D eigenvalue weighted by molar-refractivity contribution is -0.0498. The number of hydrogen-bond acceptors (Lipinski definition) is 4. The second-order valence-corrected chi connectivity index (χ2v) is 6.06. The van der Waals surface area contributed by atoms with Gasteiger partial charge in [0.05, 0.1) is 12.3 Å². The van der Waals surface area contributed by atoms with Crippen molar-refractivity contribution >= 4 is 6.03 Å². The number of carbonyl (C=O) groups is 1. The van der Waals surface area contributed by atoms with Gasteiger partial charge in [0.25, 0.3) is 0 Å². The van der Waals surface area contributed by atoms with E-state index < -0.39 is 6.61 Å². The molecule has 8 heteroatoms. The Bertz CT molecular complexity index is 675. The zero-order chi connectivity index (χ0) is 19.1. The zero-order valence-corrected chi connectivity index (χ0v) is 15.0. The maximum atomic E-state index is 12.3. The summed E-state index contributed by atoms with van der Waals surface area (Å²) in [4.78, 5) is 15.8. The molecule has 0 radical (unpaired) electrons. The molecule has 0 saturated carbocycles. The van der Waals surface area contributed by atoms with Gasteiger partial charge < -0.3 is 19.4 Å². The van der Waals surface area contributed by atoms with E-state index in [9.17, 15) is 13.6 Å². The third-order valence-corrected chi connectivity index (χ3v) is 3.86. The summed E-state index contributed by atoms with van der Waals surface area (Å²) in [5.41, 5.74) is 0.805. The van der Waals surface area contributed by atoms with Crippen molar-refractivity contribution in [3.8, 4) is 5.75 Å². The molecule has 0 spiro atoms. The van der Waals surface area contributed by atoms with Crippen LogP contribution in [0.2, 0.25) is 0 Å². The number of nitrogens with one attached hydrogen (secondary N) is 1. The first-order valence-corrected chi connectivity index (χ1v) is 8.09. The molecular weight excluding hydrogens is 344 g/mol. The fourth-order valence-corrected chi connectivity index (χ4v) is 2.46. The predicted octanol–water partition coefficient (Wildman–Crippen LogP) is 3.33. The molecule has 1 heterocycles. The van der Waals surface area contributed by atoms with Crippen molar-refractivity contribution in [2.45, 2.75) is 19.2 Å². The van der Waals surface area contributed by atoms with Crippen LogP contribution in [0.4, 0.5) is 13.6 Å². The highest BCUT2D eigenvalue weighted by molar-refractivity contribution is 5.73. The average molecular weight is 367 g/mol. The molecular formula is C18H23F2N3O3. The van der Waals surface area contributed by atoms with Gasteiger partial charge in [0.1, 0.15) is 11.5 Å². The summed E-state index contributed by atoms with van der Waals surface area (Å²) < 4.78 is 34.0. The largest absolute Gasteiger partial charge is 0.468 e. The second kappa shape index (κ2) is 9.19. The van der Waals surface area contributed by atoms with Gasteiger partial charge in [-0.15, -0.1) is 0 Å². The highest BCUT2D eigenvalue weighted by Gasteiger charge is 2.19. The lowest BCUT2D eigenvalue weighted by Crippen LogP contribution is -2.41. The molecule has 1 aromatic heterocycles. The number of nitrogens with zero attached hydrogens (tertiary/aromatic N) is 2. The molecule has 0 aliphatic rings. The first-order valence-electron chi connectivity index (χ1n) is 8.09. The molecule has 0 aliphatic carbocycles. The van der Waals surface area contributed by atoms with Crippen molar-refractivity contribution in [2.24, 2.45) is 0 Å².